The fraction of sp³-hybridized carbons (Fsp3) is 0.118. The van der Waals surface area contributed by atoms with E-state index in [1.807, 2.05) is 0 Å². The zero-order valence-corrected chi connectivity index (χ0v) is 16.6. The average molecular weight is 441 g/mol. The number of fused-ring (bicyclic) bond motifs is 2. The Morgan fingerprint density at radius 2 is 1.41 bits per heavy atom. The topological polar surface area (TPSA) is 70.3 Å². The number of esters is 1. The highest BCUT2D eigenvalue weighted by molar-refractivity contribution is 7.16. The predicted octanol–water partition coefficient (Wildman–Crippen LogP) is 3.95. The van der Waals surface area contributed by atoms with Crippen LogP contribution in [0.25, 0.3) is 20.4 Å². The van der Waals surface area contributed by atoms with Crippen LogP contribution in [0.5, 0.6) is 0 Å². The first-order valence-corrected chi connectivity index (χ1v) is 10.1. The van der Waals surface area contributed by atoms with Crippen molar-refractivity contribution in [3.05, 3.63) is 65.8 Å². The van der Waals surface area contributed by atoms with Crippen LogP contribution < -0.4 is 9.75 Å². The lowest BCUT2D eigenvalue weighted by molar-refractivity contribution is -0.148. The van der Waals surface area contributed by atoms with Gasteiger partial charge >= 0.3 is 15.7 Å². The van der Waals surface area contributed by atoms with Crippen molar-refractivity contribution < 1.29 is 9.53 Å². The Labute approximate surface area is 169 Å². The number of hydrogen-bond donors (Lipinski definition) is 0. The van der Waals surface area contributed by atoms with Crippen molar-refractivity contribution in [3.8, 4) is 0 Å². The molecule has 0 unspecified atom stereocenters. The molecule has 0 aliphatic rings. The number of para-hydroxylation sites is 2. The summed E-state index contributed by atoms with van der Waals surface area (Å²) in [5, 5.41) is 0.777. The molecule has 10 heteroatoms. The maximum absolute atomic E-state index is 12.3. The molecule has 2 aromatic heterocycles. The van der Waals surface area contributed by atoms with Crippen LogP contribution in [-0.2, 0) is 22.8 Å². The molecule has 27 heavy (non-hydrogen) atoms. The molecular formula is C17H10Cl2N2O4S2. The summed E-state index contributed by atoms with van der Waals surface area (Å²) < 4.78 is 9.18. The van der Waals surface area contributed by atoms with E-state index in [0.717, 1.165) is 22.7 Å². The van der Waals surface area contributed by atoms with E-state index in [2.05, 4.69) is 0 Å². The Bertz CT molecular complexity index is 1300. The Hall–Kier alpha value is -2.13. The van der Waals surface area contributed by atoms with Crippen LogP contribution in [0, 0.1) is 0 Å². The standard InChI is InChI=1S/C17H10Cl2N2O4S2/c18-9-3-1-5-11-14(9)20(16(23)26-11)7-13(22)25-8-21-15-10(19)4-2-6-12(15)27-17(21)24/h1-6H,7-8H2. The van der Waals surface area contributed by atoms with Gasteiger partial charge in [-0.1, -0.05) is 58.0 Å². The Balaban J connectivity index is 1.59. The summed E-state index contributed by atoms with van der Waals surface area (Å²) in [5.41, 5.74) is 1.01. The first-order chi connectivity index (χ1) is 13.0. The normalized spacial score (nSPS) is 11.3. The molecule has 0 spiro atoms. The van der Waals surface area contributed by atoms with Crippen LogP contribution in [0.2, 0.25) is 10.0 Å². The SMILES string of the molecule is O=C(Cn1c(=O)sc2cccc(Cl)c21)OCn1c(=O)sc2cccc(Cl)c21. The van der Waals surface area contributed by atoms with Crippen molar-refractivity contribution in [1.82, 2.24) is 9.13 Å². The minimum Gasteiger partial charge on any atom is -0.442 e. The van der Waals surface area contributed by atoms with Gasteiger partial charge in [0, 0.05) is 0 Å². The Morgan fingerprint density at radius 1 is 0.889 bits per heavy atom. The second-order valence-corrected chi connectivity index (χ2v) is 8.37. The molecule has 0 atom stereocenters. The highest BCUT2D eigenvalue weighted by atomic mass is 35.5. The first kappa shape index (κ1) is 18.2. The van der Waals surface area contributed by atoms with Gasteiger partial charge in [0.15, 0.2) is 6.73 Å². The summed E-state index contributed by atoms with van der Waals surface area (Å²) in [6, 6.07) is 10.3. The number of carbonyl (C=O) groups is 1. The molecule has 138 valence electrons. The van der Waals surface area contributed by atoms with Crippen molar-refractivity contribution in [2.75, 3.05) is 0 Å². The van der Waals surface area contributed by atoms with Crippen LogP contribution in [0.3, 0.4) is 0 Å². The quantitative estimate of drug-likeness (QED) is 0.450. The number of ether oxygens (including phenoxy) is 1. The Morgan fingerprint density at radius 3 is 2.00 bits per heavy atom. The average Bonchev–Trinajstić information content (AvgIpc) is 3.11. The van der Waals surface area contributed by atoms with Gasteiger partial charge in [-0.25, -0.2) is 0 Å². The maximum Gasteiger partial charge on any atom is 0.327 e. The molecule has 0 aliphatic carbocycles. The third-order valence-corrected chi connectivity index (χ3v) is 6.42. The summed E-state index contributed by atoms with van der Waals surface area (Å²) in [4.78, 5) is 36.0. The van der Waals surface area contributed by atoms with Crippen LogP contribution >= 0.6 is 45.9 Å². The molecule has 0 bridgehead atoms. The van der Waals surface area contributed by atoms with E-state index >= 15 is 0 Å². The van der Waals surface area contributed by atoms with E-state index in [1.165, 1.54) is 9.13 Å². The summed E-state index contributed by atoms with van der Waals surface area (Å²) in [6.45, 7) is -0.584. The smallest absolute Gasteiger partial charge is 0.327 e. The molecule has 4 rings (SSSR count). The van der Waals surface area contributed by atoms with Crippen LogP contribution in [-0.4, -0.2) is 15.1 Å². The summed E-state index contributed by atoms with van der Waals surface area (Å²) in [7, 11) is 0. The highest BCUT2D eigenvalue weighted by Crippen LogP contribution is 2.26. The maximum atomic E-state index is 12.3. The van der Waals surface area contributed by atoms with Crippen molar-refractivity contribution in [3.63, 3.8) is 0 Å². The van der Waals surface area contributed by atoms with Gasteiger partial charge in [0.2, 0.25) is 0 Å². The minimum absolute atomic E-state index is 0.285. The molecule has 0 amide bonds. The van der Waals surface area contributed by atoms with Gasteiger partial charge in [-0.3, -0.25) is 23.5 Å². The number of hydrogen-bond acceptors (Lipinski definition) is 6. The molecule has 4 aromatic rings. The number of benzene rings is 2. The van der Waals surface area contributed by atoms with Gasteiger partial charge in [-0.2, -0.15) is 0 Å². The fourth-order valence-corrected chi connectivity index (χ4v) is 5.22. The van der Waals surface area contributed by atoms with Gasteiger partial charge in [0.1, 0.15) is 6.54 Å². The molecule has 0 radical (unpaired) electrons. The zero-order chi connectivity index (χ0) is 19.1. The van der Waals surface area contributed by atoms with Gasteiger partial charge in [-0.05, 0) is 24.3 Å². The first-order valence-electron chi connectivity index (χ1n) is 7.67. The lowest BCUT2D eigenvalue weighted by Crippen LogP contribution is -2.23. The van der Waals surface area contributed by atoms with Crippen LogP contribution in [0.15, 0.2) is 46.0 Å². The Kier molecular flexibility index (Phi) is 4.81. The van der Waals surface area contributed by atoms with Crippen LogP contribution in [0.1, 0.15) is 0 Å². The molecule has 2 aromatic carbocycles. The molecule has 0 saturated heterocycles. The van der Waals surface area contributed by atoms with Crippen molar-refractivity contribution in [1.29, 1.82) is 0 Å². The molecule has 0 aliphatic heterocycles. The molecular weight excluding hydrogens is 431 g/mol. The number of nitrogens with zero attached hydrogens (tertiary/aromatic N) is 2. The molecule has 6 nitrogen and oxygen atoms in total. The lowest BCUT2D eigenvalue weighted by atomic mass is 10.3. The number of halogens is 2. The third kappa shape index (κ3) is 3.29. The van der Waals surface area contributed by atoms with Gasteiger partial charge in [0.05, 0.1) is 30.5 Å². The fourth-order valence-electron chi connectivity index (χ4n) is 2.73. The summed E-state index contributed by atoms with van der Waals surface area (Å²) in [6.07, 6.45) is 0. The van der Waals surface area contributed by atoms with E-state index in [-0.39, 0.29) is 23.0 Å². The third-order valence-electron chi connectivity index (χ3n) is 3.92. The van der Waals surface area contributed by atoms with Crippen molar-refractivity contribution in [2.24, 2.45) is 0 Å². The highest BCUT2D eigenvalue weighted by Gasteiger charge is 2.16. The largest absolute Gasteiger partial charge is 0.442 e. The number of carbonyl (C=O) groups excluding carboxylic acids is 1. The van der Waals surface area contributed by atoms with Crippen molar-refractivity contribution in [2.45, 2.75) is 13.3 Å². The van der Waals surface area contributed by atoms with Gasteiger partial charge in [-0.15, -0.1) is 0 Å². The van der Waals surface area contributed by atoms with E-state index in [9.17, 15) is 14.4 Å². The van der Waals surface area contributed by atoms with Crippen molar-refractivity contribution >= 4 is 72.3 Å². The molecule has 0 N–H and O–H groups in total. The number of aromatic nitrogens is 2. The second-order valence-electron chi connectivity index (χ2n) is 5.57. The van der Waals surface area contributed by atoms with Crippen LogP contribution in [0.4, 0.5) is 0 Å². The monoisotopic (exact) mass is 440 g/mol. The second kappa shape index (κ2) is 7.12. The number of rotatable bonds is 4. The lowest BCUT2D eigenvalue weighted by Gasteiger charge is -2.08. The molecule has 0 saturated carbocycles. The minimum atomic E-state index is -0.657. The molecule has 2 heterocycles. The van der Waals surface area contributed by atoms with E-state index in [4.69, 9.17) is 27.9 Å². The molecule has 0 fully saturated rings. The van der Waals surface area contributed by atoms with E-state index in [1.54, 1.807) is 36.4 Å². The van der Waals surface area contributed by atoms with Gasteiger partial charge in [0.25, 0.3) is 0 Å². The van der Waals surface area contributed by atoms with Gasteiger partial charge < -0.3 is 4.74 Å². The van der Waals surface area contributed by atoms with E-state index < -0.39 is 5.97 Å². The summed E-state index contributed by atoms with van der Waals surface area (Å²) >= 11 is 14.3. The van der Waals surface area contributed by atoms with E-state index in [0.29, 0.717) is 30.5 Å². The summed E-state index contributed by atoms with van der Waals surface area (Å²) in [5.74, 6) is -0.657. The number of thiazole rings is 2. The zero-order valence-electron chi connectivity index (χ0n) is 13.5. The predicted molar refractivity (Wildman–Crippen MR) is 108 cm³/mol.